The van der Waals surface area contributed by atoms with Gasteiger partial charge in [0.15, 0.2) is 10.8 Å². The third kappa shape index (κ3) is 4.01. The summed E-state index contributed by atoms with van der Waals surface area (Å²) in [7, 11) is 0. The van der Waals surface area contributed by atoms with Crippen LogP contribution in [0, 0.1) is 12.3 Å². The second kappa shape index (κ2) is 8.14. The van der Waals surface area contributed by atoms with Crippen molar-refractivity contribution in [1.82, 2.24) is 25.1 Å². The molecule has 3 rings (SSSR count). The number of amides is 1. The highest BCUT2D eigenvalue weighted by atomic mass is 35.5. The number of nitrogens with zero attached hydrogens (tertiary/aromatic N) is 3. The molecule has 0 aliphatic carbocycles. The van der Waals surface area contributed by atoms with Crippen molar-refractivity contribution in [2.45, 2.75) is 38.4 Å². The molecule has 3 aromatic rings. The molecule has 27 heavy (non-hydrogen) atoms. The fourth-order valence-corrected chi connectivity index (χ4v) is 3.66. The Balaban J connectivity index is 2.06. The second-order valence-corrected chi connectivity index (χ2v) is 7.59. The first-order valence-corrected chi connectivity index (χ1v) is 9.98. The van der Waals surface area contributed by atoms with Gasteiger partial charge >= 0.3 is 0 Å². The number of halogens is 1. The number of nitrogens with one attached hydrogen (secondary N) is 3. The van der Waals surface area contributed by atoms with Gasteiger partial charge in [-0.1, -0.05) is 42.4 Å². The van der Waals surface area contributed by atoms with E-state index in [9.17, 15) is 4.79 Å². The lowest BCUT2D eigenvalue weighted by molar-refractivity contribution is -0.119. The van der Waals surface area contributed by atoms with Gasteiger partial charge in [-0.15, -0.1) is 0 Å². The molecule has 1 amide bonds. The van der Waals surface area contributed by atoms with Crippen molar-refractivity contribution < 1.29 is 4.79 Å². The fraction of sp³-hybridized carbons (Fsp3) is 0.333. The minimum Gasteiger partial charge on any atom is -0.353 e. The number of aromatic amines is 1. The molecule has 142 valence electrons. The maximum absolute atomic E-state index is 12.2. The quantitative estimate of drug-likeness (QED) is 0.434. The number of H-pyrrole nitrogens is 1. The van der Waals surface area contributed by atoms with Crippen molar-refractivity contribution in [2.24, 2.45) is 0 Å². The van der Waals surface area contributed by atoms with Crippen molar-refractivity contribution in [1.29, 1.82) is 5.41 Å². The van der Waals surface area contributed by atoms with Gasteiger partial charge < -0.3 is 5.32 Å². The summed E-state index contributed by atoms with van der Waals surface area (Å²) in [6.07, 6.45) is 0.865. The number of aryl methyl sites for hydroxylation is 1. The Labute approximate surface area is 166 Å². The number of hydrogen-bond donors (Lipinski definition) is 3. The van der Waals surface area contributed by atoms with E-state index in [2.05, 4.69) is 20.5 Å². The zero-order chi connectivity index (χ0) is 19.6. The molecular formula is C18H21ClN6OS. The molecular weight excluding hydrogens is 384 g/mol. The van der Waals surface area contributed by atoms with Crippen molar-refractivity contribution in [2.75, 3.05) is 5.75 Å². The molecule has 1 atom stereocenters. The van der Waals surface area contributed by atoms with E-state index in [4.69, 9.17) is 17.0 Å². The van der Waals surface area contributed by atoms with E-state index in [1.807, 2.05) is 39.0 Å². The van der Waals surface area contributed by atoms with Gasteiger partial charge in [-0.25, -0.2) is 4.98 Å². The molecule has 2 heterocycles. The van der Waals surface area contributed by atoms with E-state index >= 15 is 0 Å². The van der Waals surface area contributed by atoms with Crippen LogP contribution >= 0.6 is 23.4 Å². The first-order chi connectivity index (χ1) is 12.9. The molecule has 7 nitrogen and oxygen atoms in total. The maximum Gasteiger partial charge on any atom is 0.230 e. The second-order valence-electron chi connectivity index (χ2n) is 6.24. The summed E-state index contributed by atoms with van der Waals surface area (Å²) in [5.74, 6) is 0.113. The SMILES string of the molecule is CCC(C)NC(=O)CSc1nc2n[nH]c(C)c2c(=N)n1-c1ccccc1Cl. The Morgan fingerprint density at radius 1 is 1.44 bits per heavy atom. The van der Waals surface area contributed by atoms with E-state index in [1.165, 1.54) is 11.8 Å². The zero-order valence-electron chi connectivity index (χ0n) is 15.3. The van der Waals surface area contributed by atoms with Gasteiger partial charge in [0.05, 0.1) is 21.8 Å². The van der Waals surface area contributed by atoms with Gasteiger partial charge in [-0.3, -0.25) is 19.9 Å². The van der Waals surface area contributed by atoms with Crippen LogP contribution in [0.1, 0.15) is 26.0 Å². The molecule has 9 heteroatoms. The smallest absolute Gasteiger partial charge is 0.230 e. The predicted octanol–water partition coefficient (Wildman–Crippen LogP) is 3.20. The number of thioether (sulfide) groups is 1. The van der Waals surface area contributed by atoms with E-state index in [1.54, 1.807) is 10.6 Å². The van der Waals surface area contributed by atoms with Gasteiger partial charge in [0, 0.05) is 11.7 Å². The molecule has 2 aromatic heterocycles. The average molecular weight is 405 g/mol. The molecule has 0 fully saturated rings. The molecule has 0 aliphatic heterocycles. The van der Waals surface area contributed by atoms with Gasteiger partial charge in [0.1, 0.15) is 5.49 Å². The number of hydrogen-bond acceptors (Lipinski definition) is 5. The van der Waals surface area contributed by atoms with Crippen molar-refractivity contribution in [3.05, 3.63) is 40.5 Å². The summed E-state index contributed by atoms with van der Waals surface area (Å²) in [6, 6.07) is 7.39. The molecule has 1 unspecified atom stereocenters. The highest BCUT2D eigenvalue weighted by Gasteiger charge is 2.17. The van der Waals surface area contributed by atoms with Crippen LogP contribution in [0.4, 0.5) is 0 Å². The molecule has 0 bridgehead atoms. The van der Waals surface area contributed by atoms with E-state index in [0.717, 1.165) is 12.1 Å². The zero-order valence-corrected chi connectivity index (χ0v) is 16.9. The van der Waals surface area contributed by atoms with Crippen LogP contribution in [0.15, 0.2) is 29.4 Å². The Morgan fingerprint density at radius 3 is 2.89 bits per heavy atom. The van der Waals surface area contributed by atoms with E-state index in [-0.39, 0.29) is 23.2 Å². The van der Waals surface area contributed by atoms with E-state index < -0.39 is 0 Å². The van der Waals surface area contributed by atoms with Crippen LogP contribution in [0.5, 0.6) is 0 Å². The minimum atomic E-state index is -0.0771. The van der Waals surface area contributed by atoms with Crippen LogP contribution < -0.4 is 10.8 Å². The molecule has 0 spiro atoms. The van der Waals surface area contributed by atoms with Gasteiger partial charge in [-0.05, 0) is 32.4 Å². The lowest BCUT2D eigenvalue weighted by atomic mass is 10.3. The van der Waals surface area contributed by atoms with Crippen LogP contribution in [0.3, 0.4) is 0 Å². The number of aromatic nitrogens is 4. The third-order valence-electron chi connectivity index (χ3n) is 4.23. The van der Waals surface area contributed by atoms with Crippen molar-refractivity contribution >= 4 is 40.3 Å². The van der Waals surface area contributed by atoms with Crippen molar-refractivity contribution in [3.63, 3.8) is 0 Å². The summed E-state index contributed by atoms with van der Waals surface area (Å²) < 4.78 is 1.66. The first kappa shape index (κ1) is 19.4. The van der Waals surface area contributed by atoms with Crippen LogP contribution in [0.2, 0.25) is 5.02 Å². The normalized spacial score (nSPS) is 12.3. The summed E-state index contributed by atoms with van der Waals surface area (Å²) in [6.45, 7) is 5.83. The summed E-state index contributed by atoms with van der Waals surface area (Å²) >= 11 is 7.63. The molecule has 1 aromatic carbocycles. The minimum absolute atomic E-state index is 0.0771. The van der Waals surface area contributed by atoms with Gasteiger partial charge in [0.25, 0.3) is 0 Å². The predicted molar refractivity (Wildman–Crippen MR) is 107 cm³/mol. The number of carbonyl (C=O) groups is 1. The van der Waals surface area contributed by atoms with Crippen LogP contribution in [-0.4, -0.2) is 37.5 Å². The van der Waals surface area contributed by atoms with Crippen molar-refractivity contribution in [3.8, 4) is 5.69 Å². The third-order valence-corrected chi connectivity index (χ3v) is 5.49. The molecule has 0 saturated carbocycles. The van der Waals surface area contributed by atoms with Crippen LogP contribution in [0.25, 0.3) is 16.7 Å². The Bertz CT molecular complexity index is 1040. The molecule has 0 saturated heterocycles. The summed E-state index contributed by atoms with van der Waals surface area (Å²) in [4.78, 5) is 16.8. The highest BCUT2D eigenvalue weighted by Crippen LogP contribution is 2.25. The molecule has 3 N–H and O–H groups in total. The van der Waals surface area contributed by atoms with Gasteiger partial charge in [0.2, 0.25) is 5.91 Å². The number of fused-ring (bicyclic) bond motifs is 1. The Morgan fingerprint density at radius 2 is 2.19 bits per heavy atom. The monoisotopic (exact) mass is 404 g/mol. The Hall–Kier alpha value is -2.32. The fourth-order valence-electron chi connectivity index (χ4n) is 2.63. The molecule has 0 radical (unpaired) electrons. The lowest BCUT2D eigenvalue weighted by Crippen LogP contribution is -2.33. The number of carbonyl (C=O) groups excluding carboxylic acids is 1. The Kier molecular flexibility index (Phi) is 5.86. The van der Waals surface area contributed by atoms with Gasteiger partial charge in [-0.2, -0.15) is 5.10 Å². The molecule has 0 aliphatic rings. The van der Waals surface area contributed by atoms with E-state index in [0.29, 0.717) is 26.9 Å². The number of benzene rings is 1. The largest absolute Gasteiger partial charge is 0.353 e. The standard InChI is InChI=1S/C18H21ClN6OS/c1-4-10(2)21-14(26)9-27-18-22-17-15(11(3)23-24-17)16(20)25(18)13-8-6-5-7-12(13)19/h5-8,10,20H,4,9H2,1-3H3,(H,21,26)(H,23,24). The summed E-state index contributed by atoms with van der Waals surface area (Å²) in [5, 5.41) is 20.3. The number of para-hydroxylation sites is 1. The maximum atomic E-state index is 12.2. The topological polar surface area (TPSA) is 99.5 Å². The number of rotatable bonds is 6. The lowest BCUT2D eigenvalue weighted by Gasteiger charge is -2.15. The van der Waals surface area contributed by atoms with Crippen LogP contribution in [-0.2, 0) is 4.79 Å². The first-order valence-electron chi connectivity index (χ1n) is 8.61. The average Bonchev–Trinajstić information content (AvgIpc) is 3.02. The highest BCUT2D eigenvalue weighted by molar-refractivity contribution is 7.99. The summed E-state index contributed by atoms with van der Waals surface area (Å²) in [5.41, 5.74) is 2.08.